The number of nitrogens with one attached hydrogen (secondary N) is 2. The summed E-state index contributed by atoms with van der Waals surface area (Å²) in [6.45, 7) is 6.94. The van der Waals surface area contributed by atoms with Gasteiger partial charge in [0.2, 0.25) is 5.91 Å². The van der Waals surface area contributed by atoms with Crippen LogP contribution in [0.25, 0.3) is 0 Å². The molecular formula is C24H29N3O3S. The Bertz CT molecular complexity index is 1020. The number of carbonyl (C=O) groups is 1. The zero-order valence-corrected chi connectivity index (χ0v) is 19.3. The molecule has 4 rings (SSSR count). The smallest absolute Gasteiger partial charge is 0.227 e. The maximum Gasteiger partial charge on any atom is 0.227 e. The van der Waals surface area contributed by atoms with E-state index < -0.39 is 0 Å². The highest BCUT2D eigenvalue weighted by Gasteiger charge is 2.34. The fourth-order valence-electron chi connectivity index (χ4n) is 4.29. The molecule has 1 atom stereocenters. The molecule has 2 aromatic carbocycles. The number of benzene rings is 2. The summed E-state index contributed by atoms with van der Waals surface area (Å²) >= 11 is 5.64. The molecule has 0 unspecified atom stereocenters. The van der Waals surface area contributed by atoms with E-state index >= 15 is 0 Å². The summed E-state index contributed by atoms with van der Waals surface area (Å²) in [5, 5.41) is 7.27. The van der Waals surface area contributed by atoms with Gasteiger partial charge in [0, 0.05) is 36.3 Å². The Morgan fingerprint density at radius 3 is 2.77 bits per heavy atom. The molecule has 0 aromatic heterocycles. The number of anilines is 2. The number of hydrogen-bond acceptors (Lipinski definition) is 4. The lowest BCUT2D eigenvalue weighted by molar-refractivity contribution is -0.117. The Kier molecular flexibility index (Phi) is 5.79. The molecule has 7 heteroatoms. The molecule has 2 aromatic rings. The normalized spacial score (nSPS) is 19.4. The van der Waals surface area contributed by atoms with Crippen molar-refractivity contribution in [3.8, 4) is 11.5 Å². The molecule has 2 aliphatic heterocycles. The van der Waals surface area contributed by atoms with Gasteiger partial charge in [0.15, 0.2) is 5.11 Å². The molecule has 0 saturated carbocycles. The van der Waals surface area contributed by atoms with Crippen molar-refractivity contribution in [3.63, 3.8) is 0 Å². The van der Waals surface area contributed by atoms with Gasteiger partial charge in [-0.2, -0.15) is 0 Å². The van der Waals surface area contributed by atoms with E-state index in [1.165, 1.54) is 0 Å². The lowest BCUT2D eigenvalue weighted by Gasteiger charge is -2.38. The fourth-order valence-corrected chi connectivity index (χ4v) is 4.55. The summed E-state index contributed by atoms with van der Waals surface area (Å²) in [6, 6.07) is 11.8. The zero-order valence-electron chi connectivity index (χ0n) is 18.5. The number of carbonyl (C=O) groups excluding carboxylic acids is 1. The summed E-state index contributed by atoms with van der Waals surface area (Å²) in [5.74, 6) is 1.80. The van der Waals surface area contributed by atoms with Crippen LogP contribution in [0.4, 0.5) is 11.4 Å². The average molecular weight is 440 g/mol. The number of methoxy groups -OCH3 is 1. The third-order valence-electron chi connectivity index (χ3n) is 5.81. The van der Waals surface area contributed by atoms with Gasteiger partial charge in [0.1, 0.15) is 17.1 Å². The fraction of sp³-hybridized carbons (Fsp3) is 0.417. The van der Waals surface area contributed by atoms with Gasteiger partial charge in [-0.15, -0.1) is 0 Å². The van der Waals surface area contributed by atoms with Gasteiger partial charge >= 0.3 is 0 Å². The standard InChI is InChI=1S/C24H29N3O3S/c1-15-7-8-16(12-20(15)27-11-5-6-22(27)28)25-23(31)26-19-14-24(2,3)30-21-10-9-17(29-4)13-18(19)21/h7-10,12-13,19H,5-6,11,14H2,1-4H3,(H2,25,26,31)/t19-/m0/s1. The van der Waals surface area contributed by atoms with Crippen molar-refractivity contribution < 1.29 is 14.3 Å². The lowest BCUT2D eigenvalue weighted by Crippen LogP contribution is -2.42. The maximum atomic E-state index is 12.2. The highest BCUT2D eigenvalue weighted by atomic mass is 32.1. The van der Waals surface area contributed by atoms with Crippen LogP contribution in [-0.2, 0) is 4.79 Å². The molecule has 164 valence electrons. The number of thiocarbonyl (C=S) groups is 1. The number of nitrogens with zero attached hydrogens (tertiary/aromatic N) is 1. The van der Waals surface area contributed by atoms with Crippen LogP contribution in [0.1, 0.15) is 50.3 Å². The second kappa shape index (κ2) is 8.38. The first-order chi connectivity index (χ1) is 14.8. The molecule has 0 spiro atoms. The molecule has 2 heterocycles. The molecule has 1 amide bonds. The van der Waals surface area contributed by atoms with Crippen LogP contribution in [0.2, 0.25) is 0 Å². The van der Waals surface area contributed by atoms with E-state index in [1.807, 2.05) is 48.2 Å². The van der Waals surface area contributed by atoms with Crippen molar-refractivity contribution in [2.45, 2.75) is 51.7 Å². The van der Waals surface area contributed by atoms with E-state index in [1.54, 1.807) is 7.11 Å². The van der Waals surface area contributed by atoms with Gasteiger partial charge in [-0.05, 0) is 75.3 Å². The molecule has 2 N–H and O–H groups in total. The van der Waals surface area contributed by atoms with Gasteiger partial charge < -0.3 is 25.0 Å². The first kappa shape index (κ1) is 21.4. The third-order valence-corrected chi connectivity index (χ3v) is 6.03. The Hall–Kier alpha value is -2.80. The lowest BCUT2D eigenvalue weighted by atomic mass is 9.89. The second-order valence-corrected chi connectivity index (χ2v) is 9.18. The molecular weight excluding hydrogens is 410 g/mol. The van der Waals surface area contributed by atoms with E-state index in [0.717, 1.165) is 53.4 Å². The second-order valence-electron chi connectivity index (χ2n) is 8.77. The molecule has 2 aliphatic rings. The Labute approximate surface area is 188 Å². The van der Waals surface area contributed by atoms with Crippen LogP contribution in [0.3, 0.4) is 0 Å². The molecule has 0 aliphatic carbocycles. The van der Waals surface area contributed by atoms with E-state index in [9.17, 15) is 4.79 Å². The number of ether oxygens (including phenoxy) is 2. The number of hydrogen-bond donors (Lipinski definition) is 2. The van der Waals surface area contributed by atoms with Crippen LogP contribution in [0.15, 0.2) is 36.4 Å². The Morgan fingerprint density at radius 2 is 2.06 bits per heavy atom. The Balaban J connectivity index is 1.52. The van der Waals surface area contributed by atoms with E-state index in [2.05, 4.69) is 24.5 Å². The van der Waals surface area contributed by atoms with Gasteiger partial charge in [-0.1, -0.05) is 6.07 Å². The van der Waals surface area contributed by atoms with Crippen molar-refractivity contribution in [2.24, 2.45) is 0 Å². The van der Waals surface area contributed by atoms with E-state index in [-0.39, 0.29) is 17.6 Å². The summed E-state index contributed by atoms with van der Waals surface area (Å²) in [5.41, 5.74) is 3.58. The van der Waals surface area contributed by atoms with Gasteiger partial charge in [0.25, 0.3) is 0 Å². The number of aryl methyl sites for hydroxylation is 1. The van der Waals surface area contributed by atoms with Crippen molar-refractivity contribution >= 4 is 34.6 Å². The van der Waals surface area contributed by atoms with Gasteiger partial charge in [-0.25, -0.2) is 0 Å². The quantitative estimate of drug-likeness (QED) is 0.672. The summed E-state index contributed by atoms with van der Waals surface area (Å²) in [6.07, 6.45) is 2.27. The van der Waals surface area contributed by atoms with Crippen LogP contribution in [0.5, 0.6) is 11.5 Å². The third kappa shape index (κ3) is 4.61. The minimum Gasteiger partial charge on any atom is -0.497 e. The molecule has 0 bridgehead atoms. The topological polar surface area (TPSA) is 62.8 Å². The monoisotopic (exact) mass is 439 g/mol. The highest BCUT2D eigenvalue weighted by Crippen LogP contribution is 2.41. The SMILES string of the molecule is COc1ccc2c(c1)[C@@H](NC(=S)Nc1ccc(C)c(N3CCCC3=O)c1)CC(C)(C)O2. The predicted molar refractivity (Wildman–Crippen MR) is 127 cm³/mol. The summed E-state index contributed by atoms with van der Waals surface area (Å²) in [4.78, 5) is 14.1. The largest absolute Gasteiger partial charge is 0.497 e. The van der Waals surface area contributed by atoms with Crippen LogP contribution < -0.4 is 25.0 Å². The minimum absolute atomic E-state index is 0.0149. The highest BCUT2D eigenvalue weighted by molar-refractivity contribution is 7.80. The molecule has 1 saturated heterocycles. The van der Waals surface area contributed by atoms with Crippen molar-refractivity contribution in [2.75, 3.05) is 23.9 Å². The van der Waals surface area contributed by atoms with Crippen molar-refractivity contribution in [1.82, 2.24) is 5.32 Å². The summed E-state index contributed by atoms with van der Waals surface area (Å²) < 4.78 is 11.5. The number of fused-ring (bicyclic) bond motifs is 1. The van der Waals surface area contributed by atoms with E-state index in [4.69, 9.17) is 21.7 Å². The molecule has 1 fully saturated rings. The Morgan fingerprint density at radius 1 is 1.26 bits per heavy atom. The molecule has 6 nitrogen and oxygen atoms in total. The molecule has 31 heavy (non-hydrogen) atoms. The van der Waals surface area contributed by atoms with Crippen LogP contribution in [0, 0.1) is 6.92 Å². The number of amides is 1. The van der Waals surface area contributed by atoms with Crippen LogP contribution >= 0.6 is 12.2 Å². The van der Waals surface area contributed by atoms with Gasteiger partial charge in [-0.3, -0.25) is 4.79 Å². The van der Waals surface area contributed by atoms with Crippen molar-refractivity contribution in [1.29, 1.82) is 0 Å². The predicted octanol–water partition coefficient (Wildman–Crippen LogP) is 4.72. The maximum absolute atomic E-state index is 12.2. The van der Waals surface area contributed by atoms with Gasteiger partial charge in [0.05, 0.1) is 13.2 Å². The summed E-state index contributed by atoms with van der Waals surface area (Å²) in [7, 11) is 1.66. The minimum atomic E-state index is -0.317. The first-order valence-electron chi connectivity index (χ1n) is 10.6. The first-order valence-corrected chi connectivity index (χ1v) is 11.0. The average Bonchev–Trinajstić information content (AvgIpc) is 3.14. The van der Waals surface area contributed by atoms with Crippen LogP contribution in [-0.4, -0.2) is 30.3 Å². The molecule has 0 radical (unpaired) electrons. The van der Waals surface area contributed by atoms with E-state index in [0.29, 0.717) is 11.5 Å². The van der Waals surface area contributed by atoms with Crippen molar-refractivity contribution in [3.05, 3.63) is 47.5 Å². The number of rotatable bonds is 4. The zero-order chi connectivity index (χ0) is 22.2.